The molecule has 15 heavy (non-hydrogen) atoms. The molecule has 0 spiro atoms. The second-order valence-corrected chi connectivity index (χ2v) is 4.02. The van der Waals surface area contributed by atoms with Crippen molar-refractivity contribution in [3.8, 4) is 11.5 Å². The minimum atomic E-state index is 0.268. The van der Waals surface area contributed by atoms with E-state index in [4.69, 9.17) is 4.74 Å². The Morgan fingerprint density at radius 1 is 1.33 bits per heavy atom. The molecular weight excluding hydrogens is 190 g/mol. The van der Waals surface area contributed by atoms with E-state index in [9.17, 15) is 5.11 Å². The standard InChI is InChI=1S/C12H17NO2/c1-9-2-3-10(14)8-12(9)15-11-4-6-13-7-5-11/h2-3,8,11,13-14H,4-7H2,1H3. The van der Waals surface area contributed by atoms with Gasteiger partial charge in [0.15, 0.2) is 0 Å². The van der Waals surface area contributed by atoms with Gasteiger partial charge in [-0.2, -0.15) is 0 Å². The Morgan fingerprint density at radius 3 is 2.80 bits per heavy atom. The first kappa shape index (κ1) is 10.3. The van der Waals surface area contributed by atoms with Gasteiger partial charge in [-0.25, -0.2) is 0 Å². The topological polar surface area (TPSA) is 41.5 Å². The van der Waals surface area contributed by atoms with Crippen LogP contribution in [0.4, 0.5) is 0 Å². The zero-order chi connectivity index (χ0) is 10.7. The van der Waals surface area contributed by atoms with E-state index in [0.29, 0.717) is 0 Å². The molecule has 1 saturated heterocycles. The van der Waals surface area contributed by atoms with Gasteiger partial charge >= 0.3 is 0 Å². The summed E-state index contributed by atoms with van der Waals surface area (Å²) in [6.07, 6.45) is 2.36. The SMILES string of the molecule is Cc1ccc(O)cc1OC1CCNCC1. The number of hydrogen-bond acceptors (Lipinski definition) is 3. The smallest absolute Gasteiger partial charge is 0.126 e. The van der Waals surface area contributed by atoms with Crippen LogP contribution >= 0.6 is 0 Å². The predicted molar refractivity (Wildman–Crippen MR) is 59.4 cm³/mol. The van der Waals surface area contributed by atoms with Gasteiger partial charge in [-0.3, -0.25) is 0 Å². The normalized spacial score (nSPS) is 17.7. The fourth-order valence-electron chi connectivity index (χ4n) is 1.81. The molecule has 2 N–H and O–H groups in total. The number of ether oxygens (including phenoxy) is 1. The molecule has 1 aromatic carbocycles. The number of piperidine rings is 1. The average molecular weight is 207 g/mol. The van der Waals surface area contributed by atoms with Crippen LogP contribution < -0.4 is 10.1 Å². The lowest BCUT2D eigenvalue weighted by Gasteiger charge is -2.24. The van der Waals surface area contributed by atoms with E-state index in [-0.39, 0.29) is 11.9 Å². The molecule has 3 nitrogen and oxygen atoms in total. The van der Waals surface area contributed by atoms with E-state index in [0.717, 1.165) is 37.2 Å². The van der Waals surface area contributed by atoms with Gasteiger partial charge in [-0.1, -0.05) is 6.07 Å². The second kappa shape index (κ2) is 4.53. The van der Waals surface area contributed by atoms with Crippen molar-refractivity contribution in [3.05, 3.63) is 23.8 Å². The first-order valence-corrected chi connectivity index (χ1v) is 5.43. The predicted octanol–water partition coefficient (Wildman–Crippen LogP) is 1.83. The summed E-state index contributed by atoms with van der Waals surface area (Å²) >= 11 is 0. The van der Waals surface area contributed by atoms with Crippen molar-refractivity contribution in [3.63, 3.8) is 0 Å². The number of aromatic hydroxyl groups is 1. The first-order chi connectivity index (χ1) is 7.25. The first-order valence-electron chi connectivity index (χ1n) is 5.43. The summed E-state index contributed by atoms with van der Waals surface area (Å²) in [5, 5.41) is 12.7. The maximum absolute atomic E-state index is 9.37. The quantitative estimate of drug-likeness (QED) is 0.777. The van der Waals surface area contributed by atoms with Crippen LogP contribution in [0.1, 0.15) is 18.4 Å². The van der Waals surface area contributed by atoms with Gasteiger partial charge in [0, 0.05) is 6.07 Å². The van der Waals surface area contributed by atoms with Gasteiger partial charge in [-0.15, -0.1) is 0 Å². The van der Waals surface area contributed by atoms with E-state index in [2.05, 4.69) is 5.32 Å². The van der Waals surface area contributed by atoms with Crippen LogP contribution in [0, 0.1) is 6.92 Å². The largest absolute Gasteiger partial charge is 0.508 e. The third-order valence-corrected chi connectivity index (χ3v) is 2.75. The molecule has 0 radical (unpaired) electrons. The van der Waals surface area contributed by atoms with Gasteiger partial charge in [0.2, 0.25) is 0 Å². The number of phenolic OH excluding ortho intramolecular Hbond substituents is 1. The zero-order valence-corrected chi connectivity index (χ0v) is 8.99. The highest BCUT2D eigenvalue weighted by Gasteiger charge is 2.15. The van der Waals surface area contributed by atoms with E-state index in [1.54, 1.807) is 12.1 Å². The number of hydrogen-bond donors (Lipinski definition) is 2. The zero-order valence-electron chi connectivity index (χ0n) is 8.99. The molecular formula is C12H17NO2. The van der Waals surface area contributed by atoms with E-state index < -0.39 is 0 Å². The Kier molecular flexibility index (Phi) is 3.11. The van der Waals surface area contributed by atoms with Gasteiger partial charge in [0.05, 0.1) is 0 Å². The van der Waals surface area contributed by atoms with Crippen LogP contribution in [0.3, 0.4) is 0 Å². The summed E-state index contributed by atoms with van der Waals surface area (Å²) < 4.78 is 5.87. The van der Waals surface area contributed by atoms with Crippen LogP contribution in [0.2, 0.25) is 0 Å². The molecule has 2 rings (SSSR count). The van der Waals surface area contributed by atoms with Crippen molar-refractivity contribution in [1.29, 1.82) is 0 Å². The van der Waals surface area contributed by atoms with Crippen LogP contribution in [-0.4, -0.2) is 24.3 Å². The molecule has 1 aliphatic heterocycles. The molecule has 0 bridgehead atoms. The van der Waals surface area contributed by atoms with Crippen LogP contribution in [0.15, 0.2) is 18.2 Å². The molecule has 1 heterocycles. The molecule has 0 amide bonds. The van der Waals surface area contributed by atoms with E-state index >= 15 is 0 Å². The summed E-state index contributed by atoms with van der Waals surface area (Å²) in [7, 11) is 0. The molecule has 0 saturated carbocycles. The summed E-state index contributed by atoms with van der Waals surface area (Å²) in [5.74, 6) is 1.08. The minimum absolute atomic E-state index is 0.268. The van der Waals surface area contributed by atoms with Gasteiger partial charge in [0.25, 0.3) is 0 Å². The highest BCUT2D eigenvalue weighted by atomic mass is 16.5. The lowest BCUT2D eigenvalue weighted by molar-refractivity contribution is 0.161. The summed E-state index contributed by atoms with van der Waals surface area (Å²) in [6.45, 7) is 4.03. The number of phenols is 1. The molecule has 0 aliphatic carbocycles. The van der Waals surface area contributed by atoms with Crippen molar-refractivity contribution >= 4 is 0 Å². The van der Waals surface area contributed by atoms with Crippen LogP contribution in [0.5, 0.6) is 11.5 Å². The molecule has 82 valence electrons. The number of rotatable bonds is 2. The van der Waals surface area contributed by atoms with Crippen molar-refractivity contribution in [2.45, 2.75) is 25.9 Å². The van der Waals surface area contributed by atoms with Crippen molar-refractivity contribution in [2.24, 2.45) is 0 Å². The Bertz CT molecular complexity index is 332. The minimum Gasteiger partial charge on any atom is -0.508 e. The number of aryl methyl sites for hydroxylation is 1. The third-order valence-electron chi connectivity index (χ3n) is 2.75. The maximum atomic E-state index is 9.37. The maximum Gasteiger partial charge on any atom is 0.126 e. The lowest BCUT2D eigenvalue weighted by atomic mass is 10.1. The Hall–Kier alpha value is -1.22. The number of nitrogens with one attached hydrogen (secondary N) is 1. The van der Waals surface area contributed by atoms with Gasteiger partial charge < -0.3 is 15.2 Å². The average Bonchev–Trinajstić information content (AvgIpc) is 2.25. The van der Waals surface area contributed by atoms with Crippen LogP contribution in [0.25, 0.3) is 0 Å². The molecule has 0 atom stereocenters. The van der Waals surface area contributed by atoms with E-state index in [1.165, 1.54) is 0 Å². The Labute approximate surface area is 90.1 Å². The fraction of sp³-hybridized carbons (Fsp3) is 0.500. The Morgan fingerprint density at radius 2 is 2.07 bits per heavy atom. The fourth-order valence-corrected chi connectivity index (χ4v) is 1.81. The highest BCUT2D eigenvalue weighted by molar-refractivity contribution is 5.39. The Balaban J connectivity index is 2.05. The molecule has 0 aromatic heterocycles. The highest BCUT2D eigenvalue weighted by Crippen LogP contribution is 2.25. The molecule has 1 fully saturated rings. The van der Waals surface area contributed by atoms with Crippen molar-refractivity contribution in [2.75, 3.05) is 13.1 Å². The van der Waals surface area contributed by atoms with E-state index in [1.807, 2.05) is 13.0 Å². The third kappa shape index (κ3) is 2.63. The van der Waals surface area contributed by atoms with Crippen molar-refractivity contribution < 1.29 is 9.84 Å². The molecule has 1 aromatic rings. The summed E-state index contributed by atoms with van der Waals surface area (Å²) in [5.41, 5.74) is 1.08. The molecule has 0 unspecified atom stereocenters. The number of benzene rings is 1. The van der Waals surface area contributed by atoms with Gasteiger partial charge in [-0.05, 0) is 44.5 Å². The summed E-state index contributed by atoms with van der Waals surface area (Å²) in [6, 6.07) is 5.26. The lowest BCUT2D eigenvalue weighted by Crippen LogP contribution is -2.34. The molecule has 1 aliphatic rings. The molecule has 3 heteroatoms. The summed E-state index contributed by atoms with van der Waals surface area (Å²) in [4.78, 5) is 0. The van der Waals surface area contributed by atoms with Crippen molar-refractivity contribution in [1.82, 2.24) is 5.32 Å². The second-order valence-electron chi connectivity index (χ2n) is 4.02. The monoisotopic (exact) mass is 207 g/mol. The van der Waals surface area contributed by atoms with Crippen LogP contribution in [-0.2, 0) is 0 Å². The van der Waals surface area contributed by atoms with Gasteiger partial charge in [0.1, 0.15) is 17.6 Å².